The lowest BCUT2D eigenvalue weighted by atomic mass is 10.1. The van der Waals surface area contributed by atoms with Crippen molar-refractivity contribution in [3.63, 3.8) is 0 Å². The minimum Gasteiger partial charge on any atom is -0.348 e. The molecule has 156 valence electrons. The van der Waals surface area contributed by atoms with E-state index in [4.69, 9.17) is 0 Å². The second-order valence-electron chi connectivity index (χ2n) is 8.28. The maximum atomic E-state index is 13.1. The van der Waals surface area contributed by atoms with E-state index in [0.717, 1.165) is 28.5 Å². The summed E-state index contributed by atoms with van der Waals surface area (Å²) in [6.45, 7) is 4.11. The maximum absolute atomic E-state index is 13.1. The number of hydrogen-bond donors (Lipinski definition) is 2. The molecule has 4 rings (SSSR count). The third kappa shape index (κ3) is 4.32. The van der Waals surface area contributed by atoms with Crippen LogP contribution >= 0.6 is 0 Å². The van der Waals surface area contributed by atoms with Crippen LogP contribution in [0.15, 0.2) is 47.4 Å². The molecule has 0 spiro atoms. The molecule has 2 aliphatic rings. The molecule has 2 N–H and O–H groups in total. The summed E-state index contributed by atoms with van der Waals surface area (Å²) in [5.74, 6) is 0.0951. The normalized spacial score (nSPS) is 20.7. The van der Waals surface area contributed by atoms with Crippen molar-refractivity contribution in [2.45, 2.75) is 49.6 Å². The predicted octanol–water partition coefficient (Wildman–Crippen LogP) is 1.18. The van der Waals surface area contributed by atoms with Gasteiger partial charge in [-0.05, 0) is 42.7 Å². The number of carbonyl (C=O) groups is 1. The Balaban J connectivity index is 1.39. The highest BCUT2D eigenvalue weighted by Crippen LogP contribution is 2.22. The second-order valence-corrected chi connectivity index (χ2v) is 10.2. The molecular formula is C22H30N3O3S+. The van der Waals surface area contributed by atoms with E-state index in [9.17, 15) is 13.2 Å². The first kappa shape index (κ1) is 20.3. The van der Waals surface area contributed by atoms with E-state index >= 15 is 0 Å². The number of quaternary nitrogens is 1. The Morgan fingerprint density at radius 1 is 1.07 bits per heavy atom. The van der Waals surface area contributed by atoms with Gasteiger partial charge < -0.3 is 10.2 Å². The summed E-state index contributed by atoms with van der Waals surface area (Å²) in [4.78, 5) is 14.1. The lowest BCUT2D eigenvalue weighted by Crippen LogP contribution is -3.19. The molecule has 0 bridgehead atoms. The van der Waals surface area contributed by atoms with E-state index in [1.165, 1.54) is 12.8 Å². The zero-order valence-electron chi connectivity index (χ0n) is 16.9. The molecule has 1 saturated carbocycles. The lowest BCUT2D eigenvalue weighted by molar-refractivity contribution is -0.917. The van der Waals surface area contributed by atoms with Gasteiger partial charge >= 0.3 is 0 Å². The van der Waals surface area contributed by atoms with Gasteiger partial charge in [-0.1, -0.05) is 43.2 Å². The minimum atomic E-state index is -3.52. The van der Waals surface area contributed by atoms with Gasteiger partial charge in [-0.3, -0.25) is 4.79 Å². The fraction of sp³-hybridized carbons (Fsp3) is 0.500. The van der Waals surface area contributed by atoms with E-state index in [-0.39, 0.29) is 11.9 Å². The van der Waals surface area contributed by atoms with Gasteiger partial charge in [0.15, 0.2) is 6.04 Å². The Hall–Kier alpha value is -1.96. The average molecular weight is 417 g/mol. The molecule has 0 aromatic heterocycles. The van der Waals surface area contributed by atoms with Gasteiger partial charge in [0, 0.05) is 6.04 Å². The molecule has 1 amide bonds. The quantitative estimate of drug-likeness (QED) is 0.769. The van der Waals surface area contributed by atoms with Crippen LogP contribution in [0.4, 0.5) is 0 Å². The molecule has 1 atom stereocenters. The molecule has 1 saturated heterocycles. The zero-order valence-corrected chi connectivity index (χ0v) is 17.7. The highest BCUT2D eigenvalue weighted by Gasteiger charge is 2.35. The van der Waals surface area contributed by atoms with Gasteiger partial charge in [0.05, 0.1) is 31.1 Å². The summed E-state index contributed by atoms with van der Waals surface area (Å²) in [5.41, 5.74) is 0. The number of nitrogens with zero attached hydrogens (tertiary/aromatic N) is 1. The summed E-state index contributed by atoms with van der Waals surface area (Å²) in [6.07, 6.45) is 4.53. The third-order valence-electron chi connectivity index (χ3n) is 6.43. The van der Waals surface area contributed by atoms with Crippen LogP contribution in [-0.2, 0) is 14.8 Å². The Morgan fingerprint density at radius 2 is 1.72 bits per heavy atom. The summed E-state index contributed by atoms with van der Waals surface area (Å²) >= 11 is 0. The largest absolute Gasteiger partial charge is 0.348 e. The van der Waals surface area contributed by atoms with Crippen LogP contribution in [0.3, 0.4) is 0 Å². The monoisotopic (exact) mass is 416 g/mol. The summed E-state index contributed by atoms with van der Waals surface area (Å²) < 4.78 is 27.8. The molecule has 29 heavy (non-hydrogen) atoms. The van der Waals surface area contributed by atoms with Crippen LogP contribution < -0.4 is 10.2 Å². The first-order chi connectivity index (χ1) is 13.9. The molecule has 0 unspecified atom stereocenters. The Morgan fingerprint density at radius 3 is 2.41 bits per heavy atom. The van der Waals surface area contributed by atoms with Crippen LogP contribution in [0.1, 0.15) is 32.6 Å². The number of fused-ring (bicyclic) bond motifs is 1. The highest BCUT2D eigenvalue weighted by atomic mass is 32.2. The maximum Gasteiger partial charge on any atom is 0.278 e. The fourth-order valence-electron chi connectivity index (χ4n) is 4.51. The SMILES string of the molecule is C[C@H](C(=O)NC1CCCC1)[NH+]1CCN(S(=O)(=O)c2ccc3ccccc3c2)CC1. The topological polar surface area (TPSA) is 70.9 Å². The molecule has 1 heterocycles. The number of carbonyl (C=O) groups excluding carboxylic acids is 1. The van der Waals surface area contributed by atoms with E-state index in [2.05, 4.69) is 5.32 Å². The summed E-state index contributed by atoms with van der Waals surface area (Å²) in [7, 11) is -3.52. The molecule has 7 heteroatoms. The predicted molar refractivity (Wildman–Crippen MR) is 113 cm³/mol. The standard InChI is InChI=1S/C22H29N3O3S/c1-17(22(26)23-20-8-4-5-9-20)24-12-14-25(15-13-24)29(27,28)21-11-10-18-6-2-3-7-19(18)16-21/h2-3,6-7,10-11,16-17,20H,4-5,8-9,12-15H2,1H3,(H,23,26)/p+1/t17-/m1/s1. The minimum absolute atomic E-state index is 0.0951. The van der Waals surface area contributed by atoms with Gasteiger partial charge in [0.2, 0.25) is 10.0 Å². The van der Waals surface area contributed by atoms with Crippen molar-refractivity contribution in [1.82, 2.24) is 9.62 Å². The molecule has 1 aliphatic heterocycles. The first-order valence-electron chi connectivity index (χ1n) is 10.6. The lowest BCUT2D eigenvalue weighted by Gasteiger charge is -2.34. The van der Waals surface area contributed by atoms with Crippen molar-refractivity contribution in [1.29, 1.82) is 0 Å². The molecule has 0 radical (unpaired) electrons. The average Bonchev–Trinajstić information content (AvgIpc) is 3.26. The number of benzene rings is 2. The molecule has 2 aromatic carbocycles. The fourth-order valence-corrected chi connectivity index (χ4v) is 5.98. The van der Waals surface area contributed by atoms with Crippen molar-refractivity contribution in [2.75, 3.05) is 26.2 Å². The molecular weight excluding hydrogens is 386 g/mol. The highest BCUT2D eigenvalue weighted by molar-refractivity contribution is 7.89. The van der Waals surface area contributed by atoms with Crippen LogP contribution in [-0.4, -0.2) is 56.9 Å². The Bertz CT molecular complexity index is 978. The number of piperazine rings is 1. The van der Waals surface area contributed by atoms with E-state index in [0.29, 0.717) is 37.1 Å². The molecule has 2 fully saturated rings. The zero-order chi connectivity index (χ0) is 20.4. The number of rotatable bonds is 5. The van der Waals surface area contributed by atoms with Crippen LogP contribution in [0, 0.1) is 0 Å². The summed E-state index contributed by atoms with van der Waals surface area (Å²) in [5, 5.41) is 5.12. The smallest absolute Gasteiger partial charge is 0.278 e. The van der Waals surface area contributed by atoms with Gasteiger partial charge in [-0.15, -0.1) is 0 Å². The number of sulfonamides is 1. The van der Waals surface area contributed by atoms with Crippen LogP contribution in [0.25, 0.3) is 10.8 Å². The Labute approximate surface area is 172 Å². The second kappa shape index (κ2) is 8.42. The number of amides is 1. The van der Waals surface area contributed by atoms with E-state index < -0.39 is 10.0 Å². The first-order valence-corrected chi connectivity index (χ1v) is 12.0. The third-order valence-corrected chi connectivity index (χ3v) is 8.33. The van der Waals surface area contributed by atoms with Crippen molar-refractivity contribution >= 4 is 26.7 Å². The van der Waals surface area contributed by atoms with Crippen LogP contribution in [0.5, 0.6) is 0 Å². The molecule has 6 nitrogen and oxygen atoms in total. The van der Waals surface area contributed by atoms with Crippen molar-refractivity contribution < 1.29 is 18.1 Å². The van der Waals surface area contributed by atoms with Crippen molar-refractivity contribution in [2.24, 2.45) is 0 Å². The van der Waals surface area contributed by atoms with Crippen molar-refractivity contribution in [3.05, 3.63) is 42.5 Å². The van der Waals surface area contributed by atoms with Crippen LogP contribution in [0.2, 0.25) is 0 Å². The number of hydrogen-bond acceptors (Lipinski definition) is 3. The molecule has 1 aliphatic carbocycles. The van der Waals surface area contributed by atoms with E-state index in [1.807, 2.05) is 37.3 Å². The molecule has 2 aromatic rings. The Kier molecular flexibility index (Phi) is 5.90. The summed E-state index contributed by atoms with van der Waals surface area (Å²) in [6, 6.07) is 13.2. The van der Waals surface area contributed by atoms with Gasteiger partial charge in [-0.25, -0.2) is 8.42 Å². The van der Waals surface area contributed by atoms with Gasteiger partial charge in [0.1, 0.15) is 0 Å². The van der Waals surface area contributed by atoms with Crippen molar-refractivity contribution in [3.8, 4) is 0 Å². The van der Waals surface area contributed by atoms with E-state index in [1.54, 1.807) is 16.4 Å². The number of nitrogens with one attached hydrogen (secondary N) is 2. The van der Waals surface area contributed by atoms with Gasteiger partial charge in [0.25, 0.3) is 5.91 Å². The van der Waals surface area contributed by atoms with Gasteiger partial charge in [-0.2, -0.15) is 4.31 Å².